The van der Waals surface area contributed by atoms with E-state index >= 15 is 0 Å². The van der Waals surface area contributed by atoms with Gasteiger partial charge in [0.2, 0.25) is 17.7 Å². The summed E-state index contributed by atoms with van der Waals surface area (Å²) in [5.41, 5.74) is 5.89. The van der Waals surface area contributed by atoms with Gasteiger partial charge in [0, 0.05) is 18.3 Å². The molecule has 1 heterocycles. The van der Waals surface area contributed by atoms with Gasteiger partial charge in [-0.2, -0.15) is 0 Å². The quantitative estimate of drug-likeness (QED) is 0.160. The van der Waals surface area contributed by atoms with Crippen LogP contribution in [-0.2, 0) is 30.4 Å². The number of amides is 3. The molecule has 0 aliphatic rings. The summed E-state index contributed by atoms with van der Waals surface area (Å²) in [5.74, 6) is -5.33. The molecular weight excluding hydrogens is 416 g/mol. The standard InChI is InChI=1S/C17H26N6O8/c1-7(21-15(28)10(18)4-12(25)26)14(27)22-11(3-9-5-19-6-20-9)16(29)23-13(8(2)24)17(30)31/h5-8,10-11,13,24H,3-4,18H2,1-2H3,(H,19,20)(H,21,28)(H,22,27)(H,23,29)(H,25,26)(H,30,31). The molecule has 0 saturated heterocycles. The number of aliphatic carboxylic acids is 2. The van der Waals surface area contributed by atoms with Crippen LogP contribution < -0.4 is 21.7 Å². The number of aromatic amines is 1. The second-order valence-corrected chi connectivity index (χ2v) is 6.84. The number of carbonyl (C=O) groups excluding carboxylic acids is 3. The minimum atomic E-state index is -1.61. The minimum absolute atomic E-state index is 0.0943. The summed E-state index contributed by atoms with van der Waals surface area (Å²) in [6.07, 6.45) is 0.601. The third kappa shape index (κ3) is 8.39. The number of aromatic nitrogens is 2. The lowest BCUT2D eigenvalue weighted by Crippen LogP contribution is -2.58. The van der Waals surface area contributed by atoms with Gasteiger partial charge in [-0.3, -0.25) is 19.2 Å². The number of nitrogens with one attached hydrogen (secondary N) is 4. The summed E-state index contributed by atoms with van der Waals surface area (Å²) >= 11 is 0. The second-order valence-electron chi connectivity index (χ2n) is 6.84. The zero-order valence-corrected chi connectivity index (χ0v) is 16.9. The van der Waals surface area contributed by atoms with Gasteiger partial charge in [0.25, 0.3) is 0 Å². The number of hydrogen-bond donors (Lipinski definition) is 8. The first kappa shape index (κ1) is 25.5. The average Bonchev–Trinajstić information content (AvgIpc) is 3.17. The summed E-state index contributed by atoms with van der Waals surface area (Å²) in [4.78, 5) is 65.4. The van der Waals surface area contributed by atoms with Crippen LogP contribution in [-0.4, -0.2) is 85.2 Å². The van der Waals surface area contributed by atoms with Gasteiger partial charge in [-0.25, -0.2) is 9.78 Å². The Labute approximate surface area is 176 Å². The molecule has 9 N–H and O–H groups in total. The van der Waals surface area contributed by atoms with E-state index in [1.807, 2.05) is 0 Å². The number of H-pyrrole nitrogens is 1. The van der Waals surface area contributed by atoms with Crippen LogP contribution in [0.4, 0.5) is 0 Å². The fourth-order valence-electron chi connectivity index (χ4n) is 2.43. The van der Waals surface area contributed by atoms with Gasteiger partial charge >= 0.3 is 11.9 Å². The molecule has 14 heteroatoms. The fraction of sp³-hybridized carbons (Fsp3) is 0.529. The van der Waals surface area contributed by atoms with Crippen LogP contribution in [0, 0.1) is 0 Å². The topological polar surface area (TPSA) is 237 Å². The molecule has 1 aromatic rings. The summed E-state index contributed by atoms with van der Waals surface area (Å²) in [5, 5.41) is 34.1. The first-order chi connectivity index (χ1) is 14.4. The predicted molar refractivity (Wildman–Crippen MR) is 103 cm³/mol. The normalized spacial score (nSPS) is 15.6. The molecule has 3 amide bonds. The third-order valence-electron chi connectivity index (χ3n) is 4.14. The van der Waals surface area contributed by atoms with Gasteiger partial charge < -0.3 is 42.0 Å². The maximum atomic E-state index is 12.6. The molecule has 172 valence electrons. The molecule has 31 heavy (non-hydrogen) atoms. The van der Waals surface area contributed by atoms with Crippen LogP contribution in [0.2, 0.25) is 0 Å². The van der Waals surface area contributed by atoms with E-state index < -0.39 is 66.4 Å². The first-order valence-corrected chi connectivity index (χ1v) is 9.19. The van der Waals surface area contributed by atoms with Crippen molar-refractivity contribution in [1.82, 2.24) is 25.9 Å². The van der Waals surface area contributed by atoms with E-state index in [4.69, 9.17) is 15.9 Å². The molecule has 0 aliphatic heterocycles. The van der Waals surface area contributed by atoms with Crippen molar-refractivity contribution in [3.8, 4) is 0 Å². The van der Waals surface area contributed by atoms with Crippen LogP contribution in [0.3, 0.4) is 0 Å². The van der Waals surface area contributed by atoms with Crippen molar-refractivity contribution in [2.45, 2.75) is 57.0 Å². The van der Waals surface area contributed by atoms with Crippen molar-refractivity contribution in [3.05, 3.63) is 18.2 Å². The summed E-state index contributed by atoms with van der Waals surface area (Å²) < 4.78 is 0. The molecule has 5 unspecified atom stereocenters. The number of hydrogen-bond acceptors (Lipinski definition) is 8. The number of nitrogens with zero attached hydrogens (tertiary/aromatic N) is 1. The summed E-state index contributed by atoms with van der Waals surface area (Å²) in [7, 11) is 0. The van der Waals surface area contributed by atoms with Crippen LogP contribution in [0.25, 0.3) is 0 Å². The molecule has 1 aromatic heterocycles. The molecule has 0 spiro atoms. The Morgan fingerprint density at radius 1 is 1.06 bits per heavy atom. The molecule has 0 aromatic carbocycles. The molecule has 1 rings (SSSR count). The maximum absolute atomic E-state index is 12.6. The van der Waals surface area contributed by atoms with Gasteiger partial charge in [-0.05, 0) is 13.8 Å². The monoisotopic (exact) mass is 442 g/mol. The molecule has 0 bridgehead atoms. The maximum Gasteiger partial charge on any atom is 0.328 e. The van der Waals surface area contributed by atoms with Crippen molar-refractivity contribution in [2.75, 3.05) is 0 Å². The molecule has 0 radical (unpaired) electrons. The average molecular weight is 442 g/mol. The lowest BCUT2D eigenvalue weighted by molar-refractivity contribution is -0.145. The van der Waals surface area contributed by atoms with Crippen molar-refractivity contribution in [2.24, 2.45) is 5.73 Å². The number of aliphatic hydroxyl groups is 1. The number of aliphatic hydroxyl groups excluding tert-OH is 1. The van der Waals surface area contributed by atoms with E-state index in [1.165, 1.54) is 26.4 Å². The van der Waals surface area contributed by atoms with E-state index in [0.29, 0.717) is 5.69 Å². The number of nitrogens with two attached hydrogens (primary N) is 1. The lowest BCUT2D eigenvalue weighted by atomic mass is 10.1. The van der Waals surface area contributed by atoms with Gasteiger partial charge in [0.15, 0.2) is 6.04 Å². The summed E-state index contributed by atoms with van der Waals surface area (Å²) in [6, 6.07) is -5.45. The number of imidazole rings is 1. The second kappa shape index (κ2) is 11.6. The van der Waals surface area contributed by atoms with Gasteiger partial charge in [-0.15, -0.1) is 0 Å². The number of carboxylic acids is 2. The highest BCUT2D eigenvalue weighted by Crippen LogP contribution is 2.02. The summed E-state index contributed by atoms with van der Waals surface area (Å²) in [6.45, 7) is 2.47. The Bertz CT molecular complexity index is 797. The minimum Gasteiger partial charge on any atom is -0.481 e. The number of carbonyl (C=O) groups is 5. The van der Waals surface area contributed by atoms with E-state index in [0.717, 1.165) is 0 Å². The SMILES string of the molecule is CC(NC(=O)C(N)CC(=O)O)C(=O)NC(Cc1cnc[nH]1)C(=O)NC(C(=O)O)C(C)O. The van der Waals surface area contributed by atoms with E-state index in [-0.39, 0.29) is 6.42 Å². The zero-order chi connectivity index (χ0) is 23.7. The lowest BCUT2D eigenvalue weighted by Gasteiger charge is -2.24. The molecule has 0 aliphatic carbocycles. The Hall–Kier alpha value is -3.52. The van der Waals surface area contributed by atoms with E-state index in [9.17, 15) is 29.1 Å². The predicted octanol–water partition coefficient (Wildman–Crippen LogP) is -3.31. The number of carboxylic acid groups (broad SMARTS) is 2. The Morgan fingerprint density at radius 3 is 2.19 bits per heavy atom. The molecule has 0 saturated carbocycles. The third-order valence-corrected chi connectivity index (χ3v) is 4.14. The Balaban J connectivity index is 2.87. The number of rotatable bonds is 12. The van der Waals surface area contributed by atoms with E-state index in [2.05, 4.69) is 25.9 Å². The van der Waals surface area contributed by atoms with Crippen molar-refractivity contribution in [1.29, 1.82) is 0 Å². The van der Waals surface area contributed by atoms with E-state index in [1.54, 1.807) is 0 Å². The highest BCUT2D eigenvalue weighted by atomic mass is 16.4. The largest absolute Gasteiger partial charge is 0.481 e. The highest BCUT2D eigenvalue weighted by Gasteiger charge is 2.31. The van der Waals surface area contributed by atoms with Crippen molar-refractivity contribution >= 4 is 29.7 Å². The Morgan fingerprint density at radius 2 is 1.71 bits per heavy atom. The molecule has 5 atom stereocenters. The van der Waals surface area contributed by atoms with Crippen LogP contribution >= 0.6 is 0 Å². The van der Waals surface area contributed by atoms with Crippen LogP contribution in [0.15, 0.2) is 12.5 Å². The van der Waals surface area contributed by atoms with Crippen LogP contribution in [0.1, 0.15) is 26.0 Å². The smallest absolute Gasteiger partial charge is 0.328 e. The molecular formula is C17H26N6O8. The van der Waals surface area contributed by atoms with Gasteiger partial charge in [0.05, 0.1) is 24.9 Å². The molecule has 0 fully saturated rings. The van der Waals surface area contributed by atoms with Gasteiger partial charge in [-0.1, -0.05) is 0 Å². The fourth-order valence-corrected chi connectivity index (χ4v) is 2.43. The van der Waals surface area contributed by atoms with Crippen molar-refractivity contribution < 1.29 is 39.3 Å². The molecule has 14 nitrogen and oxygen atoms in total. The Kier molecular flexibility index (Phi) is 9.56. The highest BCUT2D eigenvalue weighted by molar-refractivity contribution is 5.94. The zero-order valence-electron chi connectivity index (χ0n) is 16.9. The van der Waals surface area contributed by atoms with Gasteiger partial charge in [0.1, 0.15) is 12.1 Å². The first-order valence-electron chi connectivity index (χ1n) is 9.19. The van der Waals surface area contributed by atoms with Crippen molar-refractivity contribution in [3.63, 3.8) is 0 Å². The van der Waals surface area contributed by atoms with Crippen LogP contribution in [0.5, 0.6) is 0 Å².